The number of nitrogens with one attached hydrogen (secondary N) is 2. The lowest BCUT2D eigenvalue weighted by molar-refractivity contribution is 0.600. The minimum absolute atomic E-state index is 0.174. The van der Waals surface area contributed by atoms with Crippen LogP contribution in [0.2, 0.25) is 0 Å². The zero-order chi connectivity index (χ0) is 17.9. The monoisotopic (exact) mass is 378 g/mol. The van der Waals surface area contributed by atoms with Gasteiger partial charge in [0, 0.05) is 23.9 Å². The number of hydrogen-bond acceptors (Lipinski definition) is 4. The van der Waals surface area contributed by atoms with Crippen molar-refractivity contribution < 1.29 is 8.42 Å². The third-order valence-corrected chi connectivity index (χ3v) is 6.93. The van der Waals surface area contributed by atoms with Crippen LogP contribution in [0.4, 0.5) is 0 Å². The molecule has 3 rings (SSSR count). The molecule has 1 aliphatic rings. The first kappa shape index (κ1) is 17.9. The van der Waals surface area contributed by atoms with Gasteiger partial charge in [0.05, 0.1) is 6.54 Å². The topological polar surface area (TPSA) is 96.6 Å². The van der Waals surface area contributed by atoms with E-state index in [1.54, 1.807) is 13.1 Å². The SMILES string of the molecule is CN=C(NCc1ccc(S(N)(=O)=O)s1)NCC1(c2ccccc2)CC1. The molecular weight excluding hydrogens is 356 g/mol. The predicted octanol–water partition coefficient (Wildman–Crippen LogP) is 1.79. The van der Waals surface area contributed by atoms with Crippen LogP contribution in [-0.4, -0.2) is 28.0 Å². The molecule has 0 spiro atoms. The summed E-state index contributed by atoms with van der Waals surface area (Å²) in [6.07, 6.45) is 2.34. The largest absolute Gasteiger partial charge is 0.356 e. The number of thiophene rings is 1. The second kappa shape index (κ2) is 7.15. The summed E-state index contributed by atoms with van der Waals surface area (Å²) in [7, 11) is -1.91. The van der Waals surface area contributed by atoms with Crippen LogP contribution in [0.5, 0.6) is 0 Å². The first-order valence-electron chi connectivity index (χ1n) is 8.04. The normalized spacial score (nSPS) is 16.5. The smallest absolute Gasteiger partial charge is 0.247 e. The van der Waals surface area contributed by atoms with Gasteiger partial charge in [-0.1, -0.05) is 30.3 Å². The molecule has 0 amide bonds. The standard InChI is InChI=1S/C17H22N4O2S2/c1-19-16(20-11-14-7-8-15(24-14)25(18,22)23)21-12-17(9-10-17)13-5-3-2-4-6-13/h2-8H,9-12H2,1H3,(H2,18,22,23)(H2,19,20,21). The van der Waals surface area contributed by atoms with E-state index in [4.69, 9.17) is 5.14 Å². The van der Waals surface area contributed by atoms with Gasteiger partial charge in [-0.3, -0.25) is 4.99 Å². The van der Waals surface area contributed by atoms with E-state index in [2.05, 4.69) is 39.9 Å². The van der Waals surface area contributed by atoms with E-state index in [-0.39, 0.29) is 9.62 Å². The summed E-state index contributed by atoms with van der Waals surface area (Å²) in [5, 5.41) is 11.7. The minimum atomic E-state index is -3.63. The molecule has 0 bridgehead atoms. The van der Waals surface area contributed by atoms with Crippen LogP contribution >= 0.6 is 11.3 Å². The molecule has 2 aromatic rings. The second-order valence-electron chi connectivity index (χ2n) is 6.19. The molecule has 0 atom stereocenters. The molecule has 1 heterocycles. The van der Waals surface area contributed by atoms with Gasteiger partial charge in [-0.2, -0.15) is 0 Å². The molecule has 1 aromatic carbocycles. The van der Waals surface area contributed by atoms with E-state index in [1.807, 2.05) is 6.07 Å². The van der Waals surface area contributed by atoms with Crippen molar-refractivity contribution in [1.29, 1.82) is 0 Å². The maximum absolute atomic E-state index is 11.3. The van der Waals surface area contributed by atoms with E-state index < -0.39 is 10.0 Å². The number of hydrogen-bond donors (Lipinski definition) is 3. The highest BCUT2D eigenvalue weighted by atomic mass is 32.2. The van der Waals surface area contributed by atoms with Crippen molar-refractivity contribution in [3.63, 3.8) is 0 Å². The molecule has 0 unspecified atom stereocenters. The Bertz CT molecular complexity index is 856. The summed E-state index contributed by atoms with van der Waals surface area (Å²) in [6, 6.07) is 13.8. The van der Waals surface area contributed by atoms with Gasteiger partial charge in [0.15, 0.2) is 5.96 Å². The van der Waals surface area contributed by atoms with Crippen molar-refractivity contribution in [1.82, 2.24) is 10.6 Å². The number of aliphatic imine (C=N–C) groups is 1. The number of sulfonamides is 1. The first-order chi connectivity index (χ1) is 11.9. The van der Waals surface area contributed by atoms with Crippen LogP contribution in [0.25, 0.3) is 0 Å². The highest BCUT2D eigenvalue weighted by molar-refractivity contribution is 7.91. The van der Waals surface area contributed by atoms with Crippen LogP contribution in [0, 0.1) is 0 Å². The van der Waals surface area contributed by atoms with Gasteiger partial charge in [0.25, 0.3) is 0 Å². The van der Waals surface area contributed by atoms with Crippen molar-refractivity contribution in [3.05, 3.63) is 52.9 Å². The molecule has 6 nitrogen and oxygen atoms in total. The van der Waals surface area contributed by atoms with Gasteiger partial charge in [-0.25, -0.2) is 13.6 Å². The lowest BCUT2D eigenvalue weighted by atomic mass is 9.96. The van der Waals surface area contributed by atoms with Crippen molar-refractivity contribution in [2.75, 3.05) is 13.6 Å². The van der Waals surface area contributed by atoms with E-state index in [9.17, 15) is 8.42 Å². The van der Waals surface area contributed by atoms with Gasteiger partial charge in [-0.05, 0) is 30.5 Å². The van der Waals surface area contributed by atoms with Crippen LogP contribution in [0.1, 0.15) is 23.3 Å². The zero-order valence-corrected chi connectivity index (χ0v) is 15.7. The van der Waals surface area contributed by atoms with Crippen LogP contribution in [0.3, 0.4) is 0 Å². The van der Waals surface area contributed by atoms with E-state index in [0.29, 0.717) is 12.5 Å². The fourth-order valence-corrected chi connectivity index (χ4v) is 4.48. The first-order valence-corrected chi connectivity index (χ1v) is 10.4. The van der Waals surface area contributed by atoms with E-state index >= 15 is 0 Å². The molecule has 1 saturated carbocycles. The Balaban J connectivity index is 1.55. The van der Waals surface area contributed by atoms with Crippen LogP contribution < -0.4 is 15.8 Å². The zero-order valence-electron chi connectivity index (χ0n) is 14.0. The van der Waals surface area contributed by atoms with Crippen molar-refractivity contribution in [2.45, 2.75) is 29.0 Å². The Morgan fingerprint density at radius 3 is 2.48 bits per heavy atom. The van der Waals surface area contributed by atoms with Gasteiger partial charge >= 0.3 is 0 Å². The quantitative estimate of drug-likeness (QED) is 0.527. The Labute approximate surface area is 152 Å². The molecule has 4 N–H and O–H groups in total. The van der Waals surface area contributed by atoms with Crippen molar-refractivity contribution in [2.24, 2.45) is 10.1 Å². The van der Waals surface area contributed by atoms with Crippen LogP contribution in [0.15, 0.2) is 51.7 Å². The highest BCUT2D eigenvalue weighted by Gasteiger charge is 2.43. The van der Waals surface area contributed by atoms with Gasteiger partial charge < -0.3 is 10.6 Å². The van der Waals surface area contributed by atoms with Gasteiger partial charge in [0.2, 0.25) is 10.0 Å². The number of rotatable bonds is 6. The molecule has 0 aliphatic heterocycles. The molecule has 25 heavy (non-hydrogen) atoms. The number of nitrogens with two attached hydrogens (primary N) is 1. The summed E-state index contributed by atoms with van der Waals surface area (Å²) in [5.41, 5.74) is 1.55. The Hall–Kier alpha value is -1.90. The highest BCUT2D eigenvalue weighted by Crippen LogP contribution is 2.47. The molecule has 134 valence electrons. The average Bonchev–Trinajstić information content (AvgIpc) is 3.23. The summed E-state index contributed by atoms with van der Waals surface area (Å²) in [4.78, 5) is 5.12. The van der Waals surface area contributed by atoms with Crippen molar-refractivity contribution in [3.8, 4) is 0 Å². The molecular formula is C17H22N4O2S2. The summed E-state index contributed by atoms with van der Waals surface area (Å²) >= 11 is 1.17. The number of benzene rings is 1. The maximum atomic E-state index is 11.3. The maximum Gasteiger partial charge on any atom is 0.247 e. The summed E-state index contributed by atoms with van der Waals surface area (Å²) in [6.45, 7) is 1.32. The average molecular weight is 379 g/mol. The fourth-order valence-electron chi connectivity index (χ4n) is 2.76. The lowest BCUT2D eigenvalue weighted by Crippen LogP contribution is -2.40. The lowest BCUT2D eigenvalue weighted by Gasteiger charge is -2.19. The molecule has 0 saturated heterocycles. The Kier molecular flexibility index (Phi) is 5.12. The third kappa shape index (κ3) is 4.39. The molecule has 1 aromatic heterocycles. The number of primary sulfonamides is 1. The number of nitrogens with zero attached hydrogens (tertiary/aromatic N) is 1. The minimum Gasteiger partial charge on any atom is -0.356 e. The fraction of sp³-hybridized carbons (Fsp3) is 0.353. The van der Waals surface area contributed by atoms with E-state index in [0.717, 1.165) is 11.4 Å². The predicted molar refractivity (Wildman–Crippen MR) is 101 cm³/mol. The molecule has 8 heteroatoms. The van der Waals surface area contributed by atoms with Crippen molar-refractivity contribution >= 4 is 27.3 Å². The van der Waals surface area contributed by atoms with Crippen LogP contribution in [-0.2, 0) is 22.0 Å². The van der Waals surface area contributed by atoms with E-state index in [1.165, 1.54) is 35.8 Å². The Morgan fingerprint density at radius 1 is 1.20 bits per heavy atom. The van der Waals surface area contributed by atoms with Gasteiger partial charge in [0.1, 0.15) is 4.21 Å². The Morgan fingerprint density at radius 2 is 1.92 bits per heavy atom. The summed E-state index contributed by atoms with van der Waals surface area (Å²) < 4.78 is 22.8. The summed E-state index contributed by atoms with van der Waals surface area (Å²) in [5.74, 6) is 0.702. The molecule has 1 fully saturated rings. The number of guanidine groups is 1. The molecule has 0 radical (unpaired) electrons. The molecule has 1 aliphatic carbocycles. The second-order valence-corrected chi connectivity index (χ2v) is 9.15. The third-order valence-electron chi connectivity index (χ3n) is 4.41. The van der Waals surface area contributed by atoms with Gasteiger partial charge in [-0.15, -0.1) is 11.3 Å².